The largest absolute Gasteiger partial charge is 0.459 e. The summed E-state index contributed by atoms with van der Waals surface area (Å²) in [6.45, 7) is 20.5. The first kappa shape index (κ1) is 42.2. The monoisotopic (exact) mass is 728 g/mol. The van der Waals surface area contributed by atoms with E-state index in [0.29, 0.717) is 25.9 Å². The van der Waals surface area contributed by atoms with Gasteiger partial charge in [0.05, 0.1) is 31.0 Å². The van der Waals surface area contributed by atoms with E-state index in [-0.39, 0.29) is 37.6 Å². The summed E-state index contributed by atoms with van der Waals surface area (Å²) in [5.41, 5.74) is -0.336. The van der Waals surface area contributed by atoms with E-state index in [2.05, 4.69) is 11.9 Å². The fraction of sp³-hybridized carbons (Fsp3) is 0.732. The second kappa shape index (κ2) is 17.8. The molecule has 0 radical (unpaired) electrons. The standard InChI is InChI=1S/C41H64N2O9/c1-12-32-41(9)33(25(3)23-49-41)27(5)34(44)24(2)21-40(8,48-19-18-42-22-30-16-14-13-15-17-30)37(28(6)35(45)29(7)38(47)51-32)52-39-36(46)31(43(10)11)20-26(4)50-39/h13-17,24,26-29,31-33,36-37,39,42,46H,3,12,18-23H2,1-2,4-11H3/t24-,26-,27?,28+,29?,31+,32-,33+,36-,37-,39+,40-,41-/m1/s1. The fourth-order valence-electron chi connectivity index (χ4n) is 8.84. The van der Waals surface area contributed by atoms with Crippen LogP contribution in [0.5, 0.6) is 0 Å². The average Bonchev–Trinajstić information content (AvgIpc) is 3.42. The molecule has 3 aliphatic heterocycles. The van der Waals surface area contributed by atoms with Crippen molar-refractivity contribution in [3.05, 3.63) is 48.0 Å². The van der Waals surface area contributed by atoms with E-state index in [1.807, 2.05) is 90.9 Å². The average molecular weight is 729 g/mol. The van der Waals surface area contributed by atoms with Crippen molar-refractivity contribution < 1.29 is 43.2 Å². The minimum absolute atomic E-state index is 0.0144. The normalized spacial score (nSPS) is 39.7. The number of nitrogens with one attached hydrogen (secondary N) is 1. The summed E-state index contributed by atoms with van der Waals surface area (Å²) in [7, 11) is 3.79. The van der Waals surface area contributed by atoms with Crippen LogP contribution in [0.15, 0.2) is 42.5 Å². The van der Waals surface area contributed by atoms with Crippen molar-refractivity contribution in [1.29, 1.82) is 0 Å². The summed E-state index contributed by atoms with van der Waals surface area (Å²) in [5, 5.41) is 15.0. The Hall–Kier alpha value is -2.51. The molecular formula is C41H64N2O9. The molecule has 3 aliphatic rings. The highest BCUT2D eigenvalue weighted by Crippen LogP contribution is 2.46. The van der Waals surface area contributed by atoms with E-state index in [4.69, 9.17) is 23.7 Å². The molecule has 0 bridgehead atoms. The van der Waals surface area contributed by atoms with Crippen molar-refractivity contribution >= 4 is 17.5 Å². The number of rotatable bonds is 10. The van der Waals surface area contributed by atoms with Gasteiger partial charge in [-0.05, 0) is 72.2 Å². The van der Waals surface area contributed by atoms with Crippen LogP contribution < -0.4 is 5.32 Å². The van der Waals surface area contributed by atoms with Crippen molar-refractivity contribution in [3.63, 3.8) is 0 Å². The number of hydrogen-bond acceptors (Lipinski definition) is 11. The minimum atomic E-state index is -1.23. The van der Waals surface area contributed by atoms with Gasteiger partial charge in [-0.25, -0.2) is 0 Å². The van der Waals surface area contributed by atoms with Crippen molar-refractivity contribution in [2.75, 3.05) is 33.9 Å². The molecule has 0 amide bonds. The van der Waals surface area contributed by atoms with Gasteiger partial charge in [0.2, 0.25) is 0 Å². The van der Waals surface area contributed by atoms with Gasteiger partial charge in [0, 0.05) is 42.8 Å². The number of cyclic esters (lactones) is 1. The fourth-order valence-corrected chi connectivity index (χ4v) is 8.84. The first-order chi connectivity index (χ1) is 24.4. The highest BCUT2D eigenvalue weighted by molar-refractivity contribution is 6.00. The van der Waals surface area contributed by atoms with Crippen molar-refractivity contribution in [2.24, 2.45) is 29.6 Å². The van der Waals surface area contributed by atoms with Crippen LogP contribution in [-0.4, -0.2) is 109 Å². The first-order valence-corrected chi connectivity index (χ1v) is 19.1. The minimum Gasteiger partial charge on any atom is -0.459 e. The number of aliphatic hydroxyl groups is 1. The zero-order valence-corrected chi connectivity index (χ0v) is 33.1. The number of nitrogens with zero attached hydrogens (tertiary/aromatic N) is 1. The third-order valence-corrected chi connectivity index (χ3v) is 11.8. The van der Waals surface area contributed by atoms with E-state index in [1.165, 1.54) is 0 Å². The van der Waals surface area contributed by atoms with Crippen molar-refractivity contribution in [3.8, 4) is 0 Å². The van der Waals surface area contributed by atoms with Crippen LogP contribution in [0.1, 0.15) is 80.2 Å². The van der Waals surface area contributed by atoms with Gasteiger partial charge in [0.1, 0.15) is 29.5 Å². The maximum atomic E-state index is 14.5. The predicted octanol–water partition coefficient (Wildman–Crippen LogP) is 4.73. The second-order valence-corrected chi connectivity index (χ2v) is 16.1. The van der Waals surface area contributed by atoms with Crippen molar-refractivity contribution in [1.82, 2.24) is 10.2 Å². The van der Waals surface area contributed by atoms with Gasteiger partial charge in [0.25, 0.3) is 0 Å². The number of benzene rings is 1. The van der Waals surface area contributed by atoms with E-state index in [0.717, 1.165) is 11.1 Å². The maximum Gasteiger partial charge on any atom is 0.316 e. The SMILES string of the molecule is C=C1CO[C@]2(C)[C@@H](CC)OC(=O)C(C)C(=O)[C@H](C)[C@@H](O[C@@H]3O[C@H](C)C[C@H](N(C)C)[C@H]3O)[C@](C)(OCCNCc3ccccc3)C[C@@H](C)C(=O)C(C)[C@H]12. The number of aliphatic hydroxyl groups excluding tert-OH is 1. The van der Waals surface area contributed by atoms with E-state index < -0.39 is 77.1 Å². The third-order valence-electron chi connectivity index (χ3n) is 11.8. The van der Waals surface area contributed by atoms with Gasteiger partial charge in [-0.1, -0.05) is 64.6 Å². The Morgan fingerprint density at radius 1 is 1.02 bits per heavy atom. The lowest BCUT2D eigenvalue weighted by Gasteiger charge is -2.47. The Balaban J connectivity index is 1.75. The lowest BCUT2D eigenvalue weighted by Crippen LogP contribution is -2.59. The lowest BCUT2D eigenvalue weighted by atomic mass is 9.69. The summed E-state index contributed by atoms with van der Waals surface area (Å²) in [6, 6.07) is 9.77. The highest BCUT2D eigenvalue weighted by Gasteiger charge is 2.55. The maximum absolute atomic E-state index is 14.5. The number of ketones is 2. The molecule has 11 nitrogen and oxygen atoms in total. The highest BCUT2D eigenvalue weighted by atomic mass is 16.7. The van der Waals surface area contributed by atoms with Gasteiger partial charge >= 0.3 is 5.97 Å². The molecule has 13 atom stereocenters. The molecule has 1 aromatic rings. The molecule has 3 heterocycles. The van der Waals surface area contributed by atoms with Crippen LogP contribution in [0.4, 0.5) is 0 Å². The predicted molar refractivity (Wildman–Crippen MR) is 198 cm³/mol. The molecule has 3 fully saturated rings. The number of ether oxygens (including phenoxy) is 5. The number of Topliss-reactive ketones (excluding diaryl/α,β-unsaturated/α-hetero) is 2. The first-order valence-electron chi connectivity index (χ1n) is 19.1. The third kappa shape index (κ3) is 9.22. The molecule has 11 heteroatoms. The molecule has 0 aromatic heterocycles. The second-order valence-electron chi connectivity index (χ2n) is 16.1. The molecule has 0 spiro atoms. The quantitative estimate of drug-likeness (QED) is 0.150. The van der Waals surface area contributed by atoms with Crippen LogP contribution in [0.25, 0.3) is 0 Å². The summed E-state index contributed by atoms with van der Waals surface area (Å²) in [5.74, 6) is -4.58. The topological polar surface area (TPSA) is 133 Å². The summed E-state index contributed by atoms with van der Waals surface area (Å²) < 4.78 is 32.1. The van der Waals surface area contributed by atoms with E-state index >= 15 is 0 Å². The van der Waals surface area contributed by atoms with Crippen LogP contribution in [-0.2, 0) is 44.6 Å². The Morgan fingerprint density at radius 3 is 2.33 bits per heavy atom. The molecule has 0 aliphatic carbocycles. The smallest absolute Gasteiger partial charge is 0.316 e. The number of fused-ring (bicyclic) bond motifs is 1. The Labute approximate surface area is 311 Å². The Kier molecular flexibility index (Phi) is 14.4. The van der Waals surface area contributed by atoms with Crippen LogP contribution >= 0.6 is 0 Å². The number of carbonyl (C=O) groups excluding carboxylic acids is 3. The zero-order valence-electron chi connectivity index (χ0n) is 33.1. The molecule has 52 heavy (non-hydrogen) atoms. The van der Waals surface area contributed by atoms with Crippen LogP contribution in [0, 0.1) is 29.6 Å². The molecular weight excluding hydrogens is 664 g/mol. The van der Waals surface area contributed by atoms with Gasteiger partial charge < -0.3 is 39.0 Å². The molecule has 292 valence electrons. The molecule has 1 aromatic carbocycles. The Bertz CT molecular complexity index is 1390. The van der Waals surface area contributed by atoms with Crippen molar-refractivity contribution in [2.45, 2.75) is 129 Å². The van der Waals surface area contributed by atoms with Gasteiger partial charge in [0.15, 0.2) is 12.1 Å². The molecule has 2 N–H and O–H groups in total. The number of likely N-dealkylation sites (N-methyl/N-ethyl adjacent to an activating group) is 1. The van der Waals surface area contributed by atoms with E-state index in [9.17, 15) is 19.5 Å². The molecule has 0 saturated carbocycles. The number of esters is 1. The summed E-state index contributed by atoms with van der Waals surface area (Å²) >= 11 is 0. The summed E-state index contributed by atoms with van der Waals surface area (Å²) in [4.78, 5) is 44.6. The molecule has 3 saturated heterocycles. The number of hydrogen-bond donors (Lipinski definition) is 2. The van der Waals surface area contributed by atoms with Gasteiger partial charge in [-0.2, -0.15) is 0 Å². The molecule has 4 rings (SSSR count). The summed E-state index contributed by atoms with van der Waals surface area (Å²) in [6.07, 6.45) is -2.85. The lowest BCUT2D eigenvalue weighted by molar-refractivity contribution is -0.297. The zero-order chi connectivity index (χ0) is 38.5. The van der Waals surface area contributed by atoms with Gasteiger partial charge in [-0.3, -0.25) is 14.4 Å². The van der Waals surface area contributed by atoms with Crippen LogP contribution in [0.3, 0.4) is 0 Å². The van der Waals surface area contributed by atoms with Gasteiger partial charge in [-0.15, -0.1) is 0 Å². The Morgan fingerprint density at radius 2 is 1.69 bits per heavy atom. The molecule has 2 unspecified atom stereocenters. The number of carbonyl (C=O) groups is 3. The van der Waals surface area contributed by atoms with E-state index in [1.54, 1.807) is 13.8 Å². The van der Waals surface area contributed by atoms with Crippen LogP contribution in [0.2, 0.25) is 0 Å².